The fraction of sp³-hybridized carbons (Fsp3) is 0.467. The number of thioether (sulfide) groups is 1. The van der Waals surface area contributed by atoms with Gasteiger partial charge in [0.25, 0.3) is 5.56 Å². The summed E-state index contributed by atoms with van der Waals surface area (Å²) in [6.45, 7) is 2.92. The third kappa shape index (κ3) is 2.99. The van der Waals surface area contributed by atoms with Gasteiger partial charge in [-0.05, 0) is 13.8 Å². The van der Waals surface area contributed by atoms with E-state index in [2.05, 4.69) is 5.32 Å². The molecule has 2 fully saturated rings. The highest BCUT2D eigenvalue weighted by Crippen LogP contribution is 2.50. The number of carbonyl (C=O) groups excluding carboxylic acids is 2. The molecular formula is C15H15N5O6S. The Kier molecular flexibility index (Phi) is 4.35. The number of nitrogens with zero attached hydrogens (tertiary/aromatic N) is 3. The zero-order valence-corrected chi connectivity index (χ0v) is 15.1. The summed E-state index contributed by atoms with van der Waals surface area (Å²) in [6, 6.07) is -0.289. The van der Waals surface area contributed by atoms with Crippen LogP contribution in [0.2, 0.25) is 0 Å². The highest BCUT2D eigenvalue weighted by molar-refractivity contribution is 8.01. The van der Waals surface area contributed by atoms with E-state index in [1.54, 1.807) is 19.9 Å². The SMILES string of the molecule is CC1(C)S[C@@H]2C(NC(=O)Cn3cc(C#N)c(=O)[nH]c3=O)C(=O)N2[C@H]1C(=O)O. The van der Waals surface area contributed by atoms with Crippen LogP contribution in [0, 0.1) is 11.3 Å². The van der Waals surface area contributed by atoms with Crippen LogP contribution in [-0.4, -0.2) is 59.5 Å². The lowest BCUT2D eigenvalue weighted by Crippen LogP contribution is -2.70. The van der Waals surface area contributed by atoms with E-state index in [1.807, 2.05) is 4.98 Å². The summed E-state index contributed by atoms with van der Waals surface area (Å²) in [5, 5.41) is 20.2. The van der Waals surface area contributed by atoms with Crippen molar-refractivity contribution < 1.29 is 19.5 Å². The minimum atomic E-state index is -1.11. The first-order valence-electron chi connectivity index (χ1n) is 7.83. The Morgan fingerprint density at radius 3 is 2.67 bits per heavy atom. The summed E-state index contributed by atoms with van der Waals surface area (Å²) in [7, 11) is 0. The molecule has 11 nitrogen and oxygen atoms in total. The number of hydrogen-bond acceptors (Lipinski definition) is 7. The van der Waals surface area contributed by atoms with E-state index in [-0.39, 0.29) is 5.56 Å². The van der Waals surface area contributed by atoms with Crippen LogP contribution >= 0.6 is 11.8 Å². The van der Waals surface area contributed by atoms with Gasteiger partial charge in [0.05, 0.1) is 0 Å². The predicted octanol–water partition coefficient (Wildman–Crippen LogP) is -1.96. The second-order valence-electron chi connectivity index (χ2n) is 6.69. The molecule has 3 N–H and O–H groups in total. The molecule has 0 spiro atoms. The van der Waals surface area contributed by atoms with Gasteiger partial charge in [0.2, 0.25) is 11.8 Å². The van der Waals surface area contributed by atoms with Crippen LogP contribution in [0.3, 0.4) is 0 Å². The van der Waals surface area contributed by atoms with E-state index in [1.165, 1.54) is 16.7 Å². The number of nitrogens with one attached hydrogen (secondary N) is 2. The molecule has 1 unspecified atom stereocenters. The van der Waals surface area contributed by atoms with E-state index in [4.69, 9.17) is 5.26 Å². The van der Waals surface area contributed by atoms with Crippen molar-refractivity contribution in [1.29, 1.82) is 5.26 Å². The van der Waals surface area contributed by atoms with Gasteiger partial charge in [-0.3, -0.25) is 23.9 Å². The Balaban J connectivity index is 1.73. The lowest BCUT2D eigenvalue weighted by Gasteiger charge is -2.43. The number of aromatic nitrogens is 2. The number of nitriles is 1. The number of aromatic amines is 1. The van der Waals surface area contributed by atoms with Crippen LogP contribution in [0.25, 0.3) is 0 Å². The molecule has 0 bridgehead atoms. The van der Waals surface area contributed by atoms with Gasteiger partial charge >= 0.3 is 11.7 Å². The van der Waals surface area contributed by atoms with Crippen molar-refractivity contribution >= 4 is 29.5 Å². The normalized spacial score (nSPS) is 25.3. The van der Waals surface area contributed by atoms with Crippen molar-refractivity contribution in [3.63, 3.8) is 0 Å². The molecule has 1 aromatic rings. The molecule has 3 atom stereocenters. The molecule has 2 aliphatic rings. The van der Waals surface area contributed by atoms with Crippen molar-refractivity contribution in [3.05, 3.63) is 32.6 Å². The first kappa shape index (κ1) is 18.7. The topological polar surface area (TPSA) is 165 Å². The van der Waals surface area contributed by atoms with Crippen LogP contribution in [-0.2, 0) is 20.9 Å². The lowest BCUT2D eigenvalue weighted by atomic mass is 9.96. The number of aliphatic carboxylic acids is 1. The van der Waals surface area contributed by atoms with Crippen molar-refractivity contribution in [2.75, 3.05) is 0 Å². The Morgan fingerprint density at radius 2 is 2.07 bits per heavy atom. The van der Waals surface area contributed by atoms with Gasteiger partial charge < -0.3 is 15.3 Å². The van der Waals surface area contributed by atoms with Gasteiger partial charge in [0.15, 0.2) is 0 Å². The molecule has 0 saturated carbocycles. The predicted molar refractivity (Wildman–Crippen MR) is 91.7 cm³/mol. The number of carboxylic acids is 1. The van der Waals surface area contributed by atoms with E-state index in [0.717, 1.165) is 10.8 Å². The molecular weight excluding hydrogens is 378 g/mol. The molecule has 27 heavy (non-hydrogen) atoms. The van der Waals surface area contributed by atoms with Crippen LogP contribution < -0.4 is 16.6 Å². The summed E-state index contributed by atoms with van der Waals surface area (Å²) in [5.74, 6) is -2.30. The third-order valence-corrected chi connectivity index (χ3v) is 6.01. The highest BCUT2D eigenvalue weighted by Gasteiger charge is 2.64. The fourth-order valence-corrected chi connectivity index (χ4v) is 4.85. The molecule has 2 aliphatic heterocycles. The van der Waals surface area contributed by atoms with E-state index < -0.39 is 57.8 Å². The molecule has 2 saturated heterocycles. The lowest BCUT2D eigenvalue weighted by molar-refractivity contribution is -0.161. The largest absolute Gasteiger partial charge is 0.480 e. The first-order valence-corrected chi connectivity index (χ1v) is 8.71. The molecule has 2 amide bonds. The number of rotatable bonds is 4. The number of amides is 2. The molecule has 0 aliphatic carbocycles. The quantitative estimate of drug-likeness (QED) is 0.496. The molecule has 3 heterocycles. The second kappa shape index (κ2) is 6.27. The zero-order valence-electron chi connectivity index (χ0n) is 14.3. The van der Waals surface area contributed by atoms with Crippen LogP contribution in [0.5, 0.6) is 0 Å². The molecule has 1 aromatic heterocycles. The monoisotopic (exact) mass is 393 g/mol. The van der Waals surface area contributed by atoms with Crippen LogP contribution in [0.1, 0.15) is 19.4 Å². The maximum absolute atomic E-state index is 12.3. The average Bonchev–Trinajstić information content (AvgIpc) is 2.83. The average molecular weight is 393 g/mol. The Hall–Kier alpha value is -3.07. The van der Waals surface area contributed by atoms with Crippen molar-refractivity contribution in [2.45, 2.75) is 42.6 Å². The maximum atomic E-state index is 12.3. The number of H-pyrrole nitrogens is 1. The summed E-state index contributed by atoms with van der Waals surface area (Å²) < 4.78 is 0.130. The standard InChI is InChI=1S/C15H15N5O6S/c1-15(2)9(13(24)25)20-11(23)8(12(20)27-15)17-7(21)5-19-4-6(3-16)10(22)18-14(19)26/h4,8-9,12H,5H2,1-2H3,(H,17,21)(H,24,25)(H,18,22,26)/t8?,9-,12+/m0/s1. The Bertz CT molecular complexity index is 1010. The van der Waals surface area contributed by atoms with Crippen molar-refractivity contribution in [1.82, 2.24) is 19.8 Å². The van der Waals surface area contributed by atoms with E-state index in [0.29, 0.717) is 0 Å². The Labute approximate surface area is 156 Å². The molecule has 12 heteroatoms. The van der Waals surface area contributed by atoms with E-state index >= 15 is 0 Å². The number of fused-ring (bicyclic) bond motifs is 1. The molecule has 0 radical (unpaired) electrons. The smallest absolute Gasteiger partial charge is 0.328 e. The van der Waals surface area contributed by atoms with Crippen LogP contribution in [0.4, 0.5) is 0 Å². The minimum absolute atomic E-state index is 0.328. The third-order valence-electron chi connectivity index (χ3n) is 4.44. The summed E-state index contributed by atoms with van der Waals surface area (Å²) in [6.07, 6.45) is 0.962. The van der Waals surface area contributed by atoms with Crippen molar-refractivity contribution in [3.8, 4) is 6.07 Å². The van der Waals surface area contributed by atoms with Crippen LogP contribution in [0.15, 0.2) is 15.8 Å². The van der Waals surface area contributed by atoms with Crippen molar-refractivity contribution in [2.24, 2.45) is 0 Å². The molecule has 3 rings (SSSR count). The summed E-state index contributed by atoms with van der Waals surface area (Å²) >= 11 is 1.28. The number of carbonyl (C=O) groups is 3. The van der Waals surface area contributed by atoms with Gasteiger partial charge in [-0.15, -0.1) is 11.8 Å². The molecule has 142 valence electrons. The zero-order chi connectivity index (χ0) is 20.1. The minimum Gasteiger partial charge on any atom is -0.480 e. The molecule has 0 aromatic carbocycles. The number of β-lactam (4-membered cyclic amide) rings is 1. The second-order valence-corrected chi connectivity index (χ2v) is 8.46. The maximum Gasteiger partial charge on any atom is 0.328 e. The van der Waals surface area contributed by atoms with Gasteiger partial charge in [0, 0.05) is 10.9 Å². The summed E-state index contributed by atoms with van der Waals surface area (Å²) in [5.41, 5.74) is -2.04. The number of hydrogen-bond donors (Lipinski definition) is 3. The summed E-state index contributed by atoms with van der Waals surface area (Å²) in [4.78, 5) is 62.3. The van der Waals surface area contributed by atoms with E-state index in [9.17, 15) is 29.1 Å². The van der Waals surface area contributed by atoms with Gasteiger partial charge in [-0.25, -0.2) is 9.59 Å². The van der Waals surface area contributed by atoms with Gasteiger partial charge in [0.1, 0.15) is 35.6 Å². The van der Waals surface area contributed by atoms with Gasteiger partial charge in [-0.1, -0.05) is 0 Å². The Morgan fingerprint density at radius 1 is 1.41 bits per heavy atom. The van der Waals surface area contributed by atoms with Gasteiger partial charge in [-0.2, -0.15) is 5.26 Å². The fourth-order valence-electron chi connectivity index (χ4n) is 3.23. The highest BCUT2D eigenvalue weighted by atomic mass is 32.2. The first-order chi connectivity index (χ1) is 12.6. The number of carboxylic acid groups (broad SMARTS) is 1.